The highest BCUT2D eigenvalue weighted by Gasteiger charge is 2.32. The average molecular weight is 241 g/mol. The Morgan fingerprint density at radius 3 is 2.81 bits per heavy atom. The van der Waals surface area contributed by atoms with Gasteiger partial charge in [0.05, 0.1) is 5.60 Å². The van der Waals surface area contributed by atoms with E-state index in [1.165, 1.54) is 0 Å². The van der Waals surface area contributed by atoms with Crippen LogP contribution in [0.5, 0.6) is 0 Å². The summed E-state index contributed by atoms with van der Waals surface area (Å²) in [5.41, 5.74) is 0.477. The third-order valence-corrected chi connectivity index (χ3v) is 3.42. The Morgan fingerprint density at radius 2 is 2.19 bits per heavy atom. The predicted octanol–water partition coefficient (Wildman–Crippen LogP) is 2.48. The summed E-state index contributed by atoms with van der Waals surface area (Å²) in [4.78, 5) is 5.99. The summed E-state index contributed by atoms with van der Waals surface area (Å²) in [5.74, 6) is 0. The van der Waals surface area contributed by atoms with Crippen molar-refractivity contribution in [2.75, 3.05) is 18.5 Å². The molecule has 4 heteroatoms. The highest BCUT2D eigenvalue weighted by atomic mass is 35.5. The molecule has 1 aliphatic carbocycles. The van der Waals surface area contributed by atoms with Crippen LogP contribution in [0.2, 0.25) is 5.15 Å². The highest BCUT2D eigenvalue weighted by Crippen LogP contribution is 2.31. The first-order chi connectivity index (χ1) is 7.59. The maximum absolute atomic E-state index is 10.3. The molecule has 2 rings (SSSR count). The van der Waals surface area contributed by atoms with E-state index in [2.05, 4.69) is 4.98 Å². The van der Waals surface area contributed by atoms with Gasteiger partial charge in [0.25, 0.3) is 0 Å². The van der Waals surface area contributed by atoms with Gasteiger partial charge in [0.2, 0.25) is 0 Å². The van der Waals surface area contributed by atoms with Gasteiger partial charge in [-0.25, -0.2) is 4.98 Å². The minimum atomic E-state index is -0.523. The Bertz CT molecular complexity index is 364. The molecule has 0 aliphatic heterocycles. The number of likely N-dealkylation sites (N-methyl/N-ethyl adjacent to an activating group) is 1. The quantitative estimate of drug-likeness (QED) is 0.825. The van der Waals surface area contributed by atoms with Crippen LogP contribution in [0, 0.1) is 0 Å². The number of nitrogens with zero attached hydrogens (tertiary/aromatic N) is 2. The summed E-state index contributed by atoms with van der Waals surface area (Å²) in [6.07, 6.45) is 5.74. The molecule has 16 heavy (non-hydrogen) atoms. The fraction of sp³-hybridized carbons (Fsp3) is 0.583. The molecule has 1 aromatic rings. The van der Waals surface area contributed by atoms with Crippen molar-refractivity contribution in [3.63, 3.8) is 0 Å². The Hall–Kier alpha value is -0.800. The van der Waals surface area contributed by atoms with E-state index < -0.39 is 5.60 Å². The van der Waals surface area contributed by atoms with Crippen LogP contribution in [0.25, 0.3) is 0 Å². The summed E-state index contributed by atoms with van der Waals surface area (Å²) in [6.45, 7) is 0.660. The number of hydrogen-bond donors (Lipinski definition) is 1. The maximum Gasteiger partial charge on any atom is 0.131 e. The predicted molar refractivity (Wildman–Crippen MR) is 65.9 cm³/mol. The molecule has 0 saturated heterocycles. The fourth-order valence-corrected chi connectivity index (χ4v) is 2.52. The van der Waals surface area contributed by atoms with Crippen molar-refractivity contribution in [2.45, 2.75) is 31.3 Å². The van der Waals surface area contributed by atoms with Crippen LogP contribution in [-0.2, 0) is 0 Å². The van der Waals surface area contributed by atoms with Gasteiger partial charge < -0.3 is 10.0 Å². The smallest absolute Gasteiger partial charge is 0.131 e. The van der Waals surface area contributed by atoms with Crippen molar-refractivity contribution in [1.82, 2.24) is 4.98 Å². The van der Waals surface area contributed by atoms with Gasteiger partial charge >= 0.3 is 0 Å². The average Bonchev–Trinajstić information content (AvgIpc) is 2.65. The third kappa shape index (κ3) is 2.66. The first-order valence-electron chi connectivity index (χ1n) is 5.64. The Labute approximate surface area is 101 Å². The van der Waals surface area contributed by atoms with E-state index in [0.717, 1.165) is 31.4 Å². The summed E-state index contributed by atoms with van der Waals surface area (Å²) in [6, 6.07) is 3.73. The van der Waals surface area contributed by atoms with Crippen molar-refractivity contribution < 1.29 is 5.11 Å². The molecule has 3 nitrogen and oxygen atoms in total. The van der Waals surface area contributed by atoms with Crippen LogP contribution < -0.4 is 4.90 Å². The Kier molecular flexibility index (Phi) is 3.36. The molecule has 1 aliphatic rings. The van der Waals surface area contributed by atoms with E-state index in [1.807, 2.05) is 24.1 Å². The van der Waals surface area contributed by atoms with Crippen LogP contribution >= 0.6 is 11.6 Å². The number of rotatable bonds is 3. The molecular formula is C12H17ClN2O. The summed E-state index contributed by atoms with van der Waals surface area (Å²) in [5, 5.41) is 10.8. The SMILES string of the molecule is CN(CC1(O)CCCC1)c1ccnc(Cl)c1. The number of aliphatic hydroxyl groups is 1. The zero-order chi connectivity index (χ0) is 11.6. The molecular weight excluding hydrogens is 224 g/mol. The van der Waals surface area contributed by atoms with Crippen molar-refractivity contribution in [3.05, 3.63) is 23.5 Å². The zero-order valence-electron chi connectivity index (χ0n) is 9.49. The van der Waals surface area contributed by atoms with Gasteiger partial charge in [0.1, 0.15) is 5.15 Å². The van der Waals surface area contributed by atoms with Crippen LogP contribution in [0.15, 0.2) is 18.3 Å². The highest BCUT2D eigenvalue weighted by molar-refractivity contribution is 6.29. The molecule has 1 N–H and O–H groups in total. The van der Waals surface area contributed by atoms with Crippen molar-refractivity contribution in [2.24, 2.45) is 0 Å². The molecule has 0 atom stereocenters. The molecule has 88 valence electrons. The van der Waals surface area contributed by atoms with Crippen molar-refractivity contribution in [3.8, 4) is 0 Å². The van der Waals surface area contributed by atoms with Crippen LogP contribution in [0.3, 0.4) is 0 Å². The molecule has 0 aromatic carbocycles. The summed E-state index contributed by atoms with van der Waals surface area (Å²) in [7, 11) is 1.97. The summed E-state index contributed by atoms with van der Waals surface area (Å²) >= 11 is 5.84. The van der Waals surface area contributed by atoms with Crippen LogP contribution in [0.4, 0.5) is 5.69 Å². The fourth-order valence-electron chi connectivity index (χ4n) is 2.35. The molecule has 0 amide bonds. The topological polar surface area (TPSA) is 36.4 Å². The lowest BCUT2D eigenvalue weighted by Gasteiger charge is -2.30. The monoisotopic (exact) mass is 240 g/mol. The Balaban J connectivity index is 2.05. The minimum Gasteiger partial charge on any atom is -0.388 e. The summed E-state index contributed by atoms with van der Waals surface area (Å²) < 4.78 is 0. The van der Waals surface area contributed by atoms with Gasteiger partial charge in [-0.05, 0) is 25.0 Å². The second-order valence-corrected chi connectivity index (χ2v) is 5.01. The van der Waals surface area contributed by atoms with Gasteiger partial charge in [0.15, 0.2) is 0 Å². The molecule has 1 saturated carbocycles. The van der Waals surface area contributed by atoms with Gasteiger partial charge in [-0.1, -0.05) is 24.4 Å². The minimum absolute atomic E-state index is 0.489. The number of hydrogen-bond acceptors (Lipinski definition) is 3. The molecule has 0 unspecified atom stereocenters. The number of pyridine rings is 1. The molecule has 1 fully saturated rings. The molecule has 0 bridgehead atoms. The van der Waals surface area contributed by atoms with E-state index in [0.29, 0.717) is 11.7 Å². The van der Waals surface area contributed by atoms with E-state index in [-0.39, 0.29) is 0 Å². The van der Waals surface area contributed by atoms with Gasteiger partial charge in [-0.3, -0.25) is 0 Å². The standard InChI is InChI=1S/C12H17ClN2O/c1-15(9-12(16)5-2-3-6-12)10-4-7-14-11(13)8-10/h4,7-8,16H,2-3,5-6,9H2,1H3. The lowest BCUT2D eigenvalue weighted by Crippen LogP contribution is -2.39. The first kappa shape index (κ1) is 11.7. The van der Waals surface area contributed by atoms with Crippen molar-refractivity contribution >= 4 is 17.3 Å². The van der Waals surface area contributed by atoms with Crippen LogP contribution in [-0.4, -0.2) is 29.3 Å². The van der Waals surface area contributed by atoms with E-state index in [4.69, 9.17) is 11.6 Å². The maximum atomic E-state index is 10.3. The lowest BCUT2D eigenvalue weighted by atomic mass is 10.0. The largest absolute Gasteiger partial charge is 0.388 e. The molecule has 1 heterocycles. The zero-order valence-corrected chi connectivity index (χ0v) is 10.2. The van der Waals surface area contributed by atoms with Crippen LogP contribution in [0.1, 0.15) is 25.7 Å². The van der Waals surface area contributed by atoms with Crippen molar-refractivity contribution in [1.29, 1.82) is 0 Å². The number of aromatic nitrogens is 1. The normalized spacial score (nSPS) is 18.7. The Morgan fingerprint density at radius 1 is 1.50 bits per heavy atom. The van der Waals surface area contributed by atoms with Gasteiger partial charge in [0, 0.05) is 25.5 Å². The lowest BCUT2D eigenvalue weighted by molar-refractivity contribution is 0.0559. The molecule has 0 radical (unpaired) electrons. The van der Waals surface area contributed by atoms with E-state index in [9.17, 15) is 5.11 Å². The second kappa shape index (κ2) is 4.60. The third-order valence-electron chi connectivity index (χ3n) is 3.22. The molecule has 0 spiro atoms. The van der Waals surface area contributed by atoms with E-state index >= 15 is 0 Å². The first-order valence-corrected chi connectivity index (χ1v) is 6.02. The number of halogens is 1. The second-order valence-electron chi connectivity index (χ2n) is 4.62. The van der Waals surface area contributed by atoms with Gasteiger partial charge in [-0.2, -0.15) is 0 Å². The van der Waals surface area contributed by atoms with E-state index in [1.54, 1.807) is 6.20 Å². The molecule has 1 aromatic heterocycles. The van der Waals surface area contributed by atoms with Gasteiger partial charge in [-0.15, -0.1) is 0 Å². The number of anilines is 1.